The molecule has 3 aromatic rings. The van der Waals surface area contributed by atoms with Gasteiger partial charge >= 0.3 is 0 Å². The molecule has 37 heavy (non-hydrogen) atoms. The summed E-state index contributed by atoms with van der Waals surface area (Å²) >= 11 is 3.52. The van der Waals surface area contributed by atoms with Gasteiger partial charge in [-0.3, -0.25) is 9.59 Å². The first-order valence-corrected chi connectivity index (χ1v) is 13.4. The number of nitrogens with one attached hydrogen (secondary N) is 1. The normalized spacial score (nSPS) is 12.2. The Balaban J connectivity index is 1.88. The average molecular weight is 566 g/mol. The predicted octanol–water partition coefficient (Wildman–Crippen LogP) is 6.29. The lowest BCUT2D eigenvalue weighted by Gasteiger charge is -2.32. The number of hydrogen-bond acceptors (Lipinski definition) is 3. The lowest BCUT2D eigenvalue weighted by Crippen LogP contribution is -2.52. The van der Waals surface area contributed by atoms with Gasteiger partial charge in [-0.15, -0.1) is 0 Å². The smallest absolute Gasteiger partial charge is 0.261 e. The molecule has 0 aliphatic heterocycles. The van der Waals surface area contributed by atoms with Crippen molar-refractivity contribution in [3.8, 4) is 5.75 Å². The van der Waals surface area contributed by atoms with Crippen LogP contribution in [0, 0.1) is 0 Å². The van der Waals surface area contributed by atoms with Crippen LogP contribution in [-0.2, 0) is 28.0 Å². The van der Waals surface area contributed by atoms with Gasteiger partial charge in [-0.1, -0.05) is 91.3 Å². The first kappa shape index (κ1) is 28.5. The second-order valence-electron chi connectivity index (χ2n) is 10.6. The van der Waals surface area contributed by atoms with Crippen molar-refractivity contribution in [1.82, 2.24) is 10.2 Å². The second kappa shape index (κ2) is 12.9. The highest BCUT2D eigenvalue weighted by Crippen LogP contribution is 2.24. The Labute approximate surface area is 229 Å². The SMILES string of the molecule is CC(C)NC(=O)[C@@H](Cc1ccccc1)N(Cc1cccc(Br)c1)C(=O)COc1ccc(C(C)(C)C)cc1. The topological polar surface area (TPSA) is 58.6 Å². The molecular weight excluding hydrogens is 528 g/mol. The van der Waals surface area contributed by atoms with E-state index in [1.54, 1.807) is 4.90 Å². The van der Waals surface area contributed by atoms with Crippen molar-refractivity contribution in [2.75, 3.05) is 6.61 Å². The maximum atomic E-state index is 13.7. The van der Waals surface area contributed by atoms with Crippen molar-refractivity contribution < 1.29 is 14.3 Å². The molecule has 3 rings (SSSR count). The molecule has 0 aromatic heterocycles. The molecule has 3 aromatic carbocycles. The van der Waals surface area contributed by atoms with Crippen LogP contribution in [0.25, 0.3) is 0 Å². The lowest BCUT2D eigenvalue weighted by atomic mass is 9.87. The van der Waals surface area contributed by atoms with Crippen molar-refractivity contribution in [2.45, 2.75) is 65.1 Å². The molecule has 2 amide bonds. The molecule has 6 heteroatoms. The van der Waals surface area contributed by atoms with Crippen molar-refractivity contribution in [2.24, 2.45) is 0 Å². The average Bonchev–Trinajstić information content (AvgIpc) is 2.84. The number of ether oxygens (including phenoxy) is 1. The first-order chi connectivity index (χ1) is 17.5. The van der Waals surface area contributed by atoms with Gasteiger partial charge in [-0.05, 0) is 60.2 Å². The molecule has 0 aliphatic carbocycles. The minimum absolute atomic E-state index is 0.0313. The number of halogens is 1. The molecule has 0 saturated heterocycles. The number of nitrogens with zero attached hydrogens (tertiary/aromatic N) is 1. The highest BCUT2D eigenvalue weighted by molar-refractivity contribution is 9.10. The van der Waals surface area contributed by atoms with Gasteiger partial charge in [0.15, 0.2) is 6.61 Å². The van der Waals surface area contributed by atoms with E-state index >= 15 is 0 Å². The summed E-state index contributed by atoms with van der Waals surface area (Å²) in [6.07, 6.45) is 0.402. The van der Waals surface area contributed by atoms with E-state index in [4.69, 9.17) is 4.74 Å². The summed E-state index contributed by atoms with van der Waals surface area (Å²) in [7, 11) is 0. The van der Waals surface area contributed by atoms with Crippen LogP contribution >= 0.6 is 15.9 Å². The van der Waals surface area contributed by atoms with Gasteiger partial charge in [0.1, 0.15) is 11.8 Å². The van der Waals surface area contributed by atoms with Crippen molar-refractivity contribution >= 4 is 27.7 Å². The number of carbonyl (C=O) groups excluding carboxylic acids is 2. The van der Waals surface area contributed by atoms with E-state index in [9.17, 15) is 9.59 Å². The number of carbonyl (C=O) groups is 2. The van der Waals surface area contributed by atoms with Gasteiger partial charge in [0.05, 0.1) is 0 Å². The Bertz CT molecular complexity index is 1170. The number of amides is 2. The molecule has 0 spiro atoms. The molecule has 5 nitrogen and oxygen atoms in total. The Kier molecular flexibility index (Phi) is 9.93. The maximum absolute atomic E-state index is 13.7. The third kappa shape index (κ3) is 8.74. The van der Waals surface area contributed by atoms with Crippen LogP contribution in [0.4, 0.5) is 0 Å². The van der Waals surface area contributed by atoms with Crippen LogP contribution in [-0.4, -0.2) is 35.4 Å². The fourth-order valence-electron chi connectivity index (χ4n) is 4.05. The van der Waals surface area contributed by atoms with Crippen LogP contribution in [0.15, 0.2) is 83.3 Å². The lowest BCUT2D eigenvalue weighted by molar-refractivity contribution is -0.143. The minimum Gasteiger partial charge on any atom is -0.484 e. The standard InChI is InChI=1S/C31H37BrN2O3/c1-22(2)33-30(36)28(19-23-10-7-6-8-11-23)34(20-24-12-9-13-26(32)18-24)29(35)21-37-27-16-14-25(15-17-27)31(3,4)5/h6-18,22,28H,19-21H2,1-5H3,(H,33,36)/t28-/m1/s1. The van der Waals surface area contributed by atoms with Crippen molar-refractivity contribution in [3.63, 3.8) is 0 Å². The first-order valence-electron chi connectivity index (χ1n) is 12.6. The van der Waals surface area contributed by atoms with E-state index in [2.05, 4.69) is 42.0 Å². The van der Waals surface area contributed by atoms with E-state index in [1.165, 1.54) is 5.56 Å². The van der Waals surface area contributed by atoms with Crippen LogP contribution in [0.2, 0.25) is 0 Å². The van der Waals surface area contributed by atoms with Gasteiger partial charge < -0.3 is 15.0 Å². The summed E-state index contributed by atoms with van der Waals surface area (Å²) in [5.41, 5.74) is 3.13. The zero-order valence-electron chi connectivity index (χ0n) is 22.3. The summed E-state index contributed by atoms with van der Waals surface area (Å²) < 4.78 is 6.82. The predicted molar refractivity (Wildman–Crippen MR) is 153 cm³/mol. The summed E-state index contributed by atoms with van der Waals surface area (Å²) in [6, 6.07) is 24.6. The van der Waals surface area contributed by atoms with Gasteiger partial charge in [0.25, 0.3) is 5.91 Å². The number of benzene rings is 3. The number of hydrogen-bond donors (Lipinski definition) is 1. The van der Waals surface area contributed by atoms with Crippen LogP contribution < -0.4 is 10.1 Å². The monoisotopic (exact) mass is 564 g/mol. The molecule has 0 aliphatic rings. The fourth-order valence-corrected chi connectivity index (χ4v) is 4.49. The zero-order valence-corrected chi connectivity index (χ0v) is 23.9. The Morgan fingerprint density at radius 1 is 0.919 bits per heavy atom. The van der Waals surface area contributed by atoms with Gasteiger partial charge in [0.2, 0.25) is 5.91 Å². The summed E-state index contributed by atoms with van der Waals surface area (Å²) in [5, 5.41) is 3.01. The van der Waals surface area contributed by atoms with Crippen LogP contribution in [0.1, 0.15) is 51.3 Å². The van der Waals surface area contributed by atoms with Crippen LogP contribution in [0.5, 0.6) is 5.75 Å². The molecule has 1 N–H and O–H groups in total. The largest absolute Gasteiger partial charge is 0.484 e. The van der Waals surface area contributed by atoms with Gasteiger partial charge in [0, 0.05) is 23.5 Å². The second-order valence-corrected chi connectivity index (χ2v) is 11.5. The third-order valence-corrected chi connectivity index (χ3v) is 6.52. The van der Waals surface area contributed by atoms with Gasteiger partial charge in [-0.2, -0.15) is 0 Å². The van der Waals surface area contributed by atoms with Crippen molar-refractivity contribution in [1.29, 1.82) is 0 Å². The molecule has 0 unspecified atom stereocenters. The third-order valence-electron chi connectivity index (χ3n) is 6.03. The molecule has 0 radical (unpaired) electrons. The van der Waals surface area contributed by atoms with E-state index < -0.39 is 6.04 Å². The highest BCUT2D eigenvalue weighted by Gasteiger charge is 2.31. The maximum Gasteiger partial charge on any atom is 0.261 e. The van der Waals surface area contributed by atoms with E-state index in [1.807, 2.05) is 92.7 Å². The fraction of sp³-hybridized carbons (Fsp3) is 0.355. The highest BCUT2D eigenvalue weighted by atomic mass is 79.9. The Hall–Kier alpha value is -3.12. The zero-order chi connectivity index (χ0) is 27.0. The van der Waals surface area contributed by atoms with E-state index in [-0.39, 0.29) is 36.4 Å². The number of rotatable bonds is 10. The van der Waals surface area contributed by atoms with Crippen LogP contribution in [0.3, 0.4) is 0 Å². The Morgan fingerprint density at radius 3 is 2.16 bits per heavy atom. The van der Waals surface area contributed by atoms with Gasteiger partial charge in [-0.25, -0.2) is 0 Å². The molecule has 0 saturated carbocycles. The molecular formula is C31H37BrN2O3. The molecule has 0 fully saturated rings. The molecule has 0 bridgehead atoms. The molecule has 0 heterocycles. The minimum atomic E-state index is -0.692. The molecule has 196 valence electrons. The Morgan fingerprint density at radius 2 is 1.57 bits per heavy atom. The summed E-state index contributed by atoms with van der Waals surface area (Å²) in [4.78, 5) is 28.7. The van der Waals surface area contributed by atoms with E-state index in [0.29, 0.717) is 12.2 Å². The summed E-state index contributed by atoms with van der Waals surface area (Å²) in [5.74, 6) is 0.187. The van der Waals surface area contributed by atoms with Crippen molar-refractivity contribution in [3.05, 3.63) is 100 Å². The quantitative estimate of drug-likeness (QED) is 0.315. The van der Waals surface area contributed by atoms with E-state index in [0.717, 1.165) is 15.6 Å². The summed E-state index contributed by atoms with van der Waals surface area (Å²) in [6.45, 7) is 10.4. The molecule has 1 atom stereocenters.